The average molecular weight is 411 g/mol. The molecule has 0 amide bonds. The molecule has 0 saturated heterocycles. The van der Waals surface area contributed by atoms with E-state index in [1.165, 1.54) is 16.0 Å². The molecule has 0 fully saturated rings. The Morgan fingerprint density at radius 3 is 2.86 bits per heavy atom. The maximum Gasteiger partial charge on any atom is 0.194 e. The zero-order chi connectivity index (χ0) is 20.5. The van der Waals surface area contributed by atoms with E-state index in [9.17, 15) is 0 Å². The molecule has 0 aliphatic carbocycles. The van der Waals surface area contributed by atoms with Crippen molar-refractivity contribution < 1.29 is 0 Å². The van der Waals surface area contributed by atoms with Crippen LogP contribution < -0.4 is 5.32 Å². The van der Waals surface area contributed by atoms with Crippen molar-refractivity contribution in [3.05, 3.63) is 69.9 Å². The van der Waals surface area contributed by atoms with Crippen molar-refractivity contribution in [3.8, 4) is 0 Å². The number of rotatable bonds is 9. The van der Waals surface area contributed by atoms with Crippen LogP contribution in [0.1, 0.15) is 28.8 Å². The largest absolute Gasteiger partial charge is 0.354 e. The van der Waals surface area contributed by atoms with E-state index in [0.717, 1.165) is 50.8 Å². The van der Waals surface area contributed by atoms with Crippen molar-refractivity contribution in [2.45, 2.75) is 39.8 Å². The van der Waals surface area contributed by atoms with E-state index < -0.39 is 0 Å². The fourth-order valence-corrected chi connectivity index (χ4v) is 3.88. The molecule has 6 nitrogen and oxygen atoms in total. The molecule has 0 bridgehead atoms. The van der Waals surface area contributed by atoms with Crippen LogP contribution in [0.2, 0.25) is 0 Å². The molecule has 0 spiro atoms. The number of benzene rings is 1. The van der Waals surface area contributed by atoms with E-state index in [2.05, 4.69) is 87.7 Å². The molecule has 2 heterocycles. The van der Waals surface area contributed by atoms with Gasteiger partial charge in [0, 0.05) is 50.9 Å². The van der Waals surface area contributed by atoms with E-state index in [-0.39, 0.29) is 0 Å². The standard InChI is InChI=1S/C22H30N6S/c1-4-21-26-25-17-28(21)14-13-24-22(23-12-11-20-10-7-15-29-20)27(3)16-19-9-6-5-8-18(19)2/h5-10,15,17H,4,11-14,16H2,1-3H3,(H,23,24). The zero-order valence-electron chi connectivity index (χ0n) is 17.5. The van der Waals surface area contributed by atoms with E-state index in [4.69, 9.17) is 4.99 Å². The highest BCUT2D eigenvalue weighted by Crippen LogP contribution is 2.11. The van der Waals surface area contributed by atoms with Crippen LogP contribution in [0, 0.1) is 6.92 Å². The van der Waals surface area contributed by atoms with Crippen molar-refractivity contribution in [1.29, 1.82) is 0 Å². The summed E-state index contributed by atoms with van der Waals surface area (Å²) < 4.78 is 2.09. The maximum atomic E-state index is 4.88. The Morgan fingerprint density at radius 2 is 2.10 bits per heavy atom. The third-order valence-electron chi connectivity index (χ3n) is 4.88. The van der Waals surface area contributed by atoms with Gasteiger partial charge in [0.2, 0.25) is 0 Å². The van der Waals surface area contributed by atoms with Gasteiger partial charge in [0.25, 0.3) is 0 Å². The Morgan fingerprint density at radius 1 is 1.24 bits per heavy atom. The summed E-state index contributed by atoms with van der Waals surface area (Å²) in [4.78, 5) is 8.45. The monoisotopic (exact) mass is 410 g/mol. The number of hydrogen-bond donors (Lipinski definition) is 1. The third kappa shape index (κ3) is 6.15. The number of thiophene rings is 1. The third-order valence-corrected chi connectivity index (χ3v) is 5.81. The molecular weight excluding hydrogens is 380 g/mol. The second kappa shape index (κ2) is 10.8. The van der Waals surface area contributed by atoms with Crippen LogP contribution in [0.3, 0.4) is 0 Å². The Kier molecular flexibility index (Phi) is 7.81. The van der Waals surface area contributed by atoms with E-state index in [1.807, 2.05) is 0 Å². The Labute approximate surface area is 177 Å². The van der Waals surface area contributed by atoms with Crippen LogP contribution in [-0.2, 0) is 25.9 Å². The van der Waals surface area contributed by atoms with Crippen LogP contribution in [0.4, 0.5) is 0 Å². The highest BCUT2D eigenvalue weighted by atomic mass is 32.1. The molecule has 0 atom stereocenters. The summed E-state index contributed by atoms with van der Waals surface area (Å²) in [7, 11) is 2.10. The quantitative estimate of drug-likeness (QED) is 0.433. The van der Waals surface area contributed by atoms with Gasteiger partial charge in [0.15, 0.2) is 5.96 Å². The number of nitrogens with one attached hydrogen (secondary N) is 1. The SMILES string of the molecule is CCc1nncn1CCNC(=NCCc1cccs1)N(C)Cc1ccccc1C. The van der Waals surface area contributed by atoms with Gasteiger partial charge in [0.05, 0.1) is 0 Å². The summed E-state index contributed by atoms with van der Waals surface area (Å²) in [6.07, 6.45) is 3.65. The Balaban J connectivity index is 1.64. The van der Waals surface area contributed by atoms with Crippen LogP contribution in [0.15, 0.2) is 53.1 Å². The van der Waals surface area contributed by atoms with Gasteiger partial charge in [-0.05, 0) is 29.5 Å². The lowest BCUT2D eigenvalue weighted by Crippen LogP contribution is -2.40. The van der Waals surface area contributed by atoms with Gasteiger partial charge in [-0.3, -0.25) is 4.99 Å². The van der Waals surface area contributed by atoms with Crippen molar-refractivity contribution in [2.75, 3.05) is 20.1 Å². The number of guanidine groups is 1. The molecule has 0 aliphatic rings. The topological polar surface area (TPSA) is 58.3 Å². The first kappa shape index (κ1) is 21.0. The Bertz CT molecular complexity index is 900. The number of hydrogen-bond acceptors (Lipinski definition) is 4. The predicted molar refractivity (Wildman–Crippen MR) is 120 cm³/mol. The molecular formula is C22H30N6S. The maximum absolute atomic E-state index is 4.88. The van der Waals surface area contributed by atoms with Gasteiger partial charge >= 0.3 is 0 Å². The lowest BCUT2D eigenvalue weighted by atomic mass is 10.1. The first-order chi connectivity index (χ1) is 14.2. The van der Waals surface area contributed by atoms with E-state index in [0.29, 0.717) is 0 Å². The summed E-state index contributed by atoms with van der Waals surface area (Å²) in [6, 6.07) is 12.8. The summed E-state index contributed by atoms with van der Waals surface area (Å²) in [5, 5.41) is 13.8. The van der Waals surface area contributed by atoms with Gasteiger partial charge < -0.3 is 14.8 Å². The minimum atomic E-state index is 0.772. The molecule has 2 aromatic heterocycles. The first-order valence-electron chi connectivity index (χ1n) is 10.1. The highest BCUT2D eigenvalue weighted by Gasteiger charge is 2.09. The number of nitrogens with zero attached hydrogens (tertiary/aromatic N) is 5. The van der Waals surface area contributed by atoms with Gasteiger partial charge in [-0.25, -0.2) is 0 Å². The molecule has 154 valence electrons. The van der Waals surface area contributed by atoms with Crippen molar-refractivity contribution >= 4 is 17.3 Å². The number of aromatic nitrogens is 3. The molecule has 0 aliphatic heterocycles. The minimum absolute atomic E-state index is 0.772. The lowest BCUT2D eigenvalue weighted by Gasteiger charge is -2.23. The fraction of sp³-hybridized carbons (Fsp3) is 0.409. The summed E-state index contributed by atoms with van der Waals surface area (Å²) in [6.45, 7) is 7.45. The number of aliphatic imine (C=N–C) groups is 1. The summed E-state index contributed by atoms with van der Waals surface area (Å²) in [5.41, 5.74) is 2.61. The molecule has 0 saturated carbocycles. The molecule has 1 N–H and O–H groups in total. The zero-order valence-corrected chi connectivity index (χ0v) is 18.3. The molecule has 3 aromatic rings. The molecule has 7 heteroatoms. The van der Waals surface area contributed by atoms with Crippen molar-refractivity contribution in [1.82, 2.24) is 25.0 Å². The fourth-order valence-electron chi connectivity index (χ4n) is 3.18. The van der Waals surface area contributed by atoms with Crippen LogP contribution in [0.5, 0.6) is 0 Å². The molecule has 0 unspecified atom stereocenters. The van der Waals surface area contributed by atoms with Crippen molar-refractivity contribution in [3.63, 3.8) is 0 Å². The Hall–Kier alpha value is -2.67. The second-order valence-corrected chi connectivity index (χ2v) is 8.07. The van der Waals surface area contributed by atoms with E-state index in [1.54, 1.807) is 17.7 Å². The second-order valence-electron chi connectivity index (χ2n) is 7.04. The molecule has 3 rings (SSSR count). The first-order valence-corrected chi connectivity index (χ1v) is 11.0. The highest BCUT2D eigenvalue weighted by molar-refractivity contribution is 7.09. The molecule has 29 heavy (non-hydrogen) atoms. The van der Waals surface area contributed by atoms with Gasteiger partial charge in [-0.15, -0.1) is 21.5 Å². The predicted octanol–water partition coefficient (Wildman–Crippen LogP) is 3.53. The van der Waals surface area contributed by atoms with Crippen molar-refractivity contribution in [2.24, 2.45) is 4.99 Å². The number of aryl methyl sites for hydroxylation is 2. The molecule has 0 radical (unpaired) electrons. The minimum Gasteiger partial charge on any atom is -0.354 e. The van der Waals surface area contributed by atoms with Crippen LogP contribution in [-0.4, -0.2) is 45.8 Å². The average Bonchev–Trinajstić information content (AvgIpc) is 3.40. The van der Waals surface area contributed by atoms with E-state index >= 15 is 0 Å². The lowest BCUT2D eigenvalue weighted by molar-refractivity contribution is 0.469. The smallest absolute Gasteiger partial charge is 0.194 e. The summed E-state index contributed by atoms with van der Waals surface area (Å²) in [5.74, 6) is 1.94. The van der Waals surface area contributed by atoms with Crippen LogP contribution in [0.25, 0.3) is 0 Å². The van der Waals surface area contributed by atoms with Gasteiger partial charge in [0.1, 0.15) is 12.2 Å². The summed E-state index contributed by atoms with van der Waals surface area (Å²) >= 11 is 1.79. The van der Waals surface area contributed by atoms with Crippen LogP contribution >= 0.6 is 11.3 Å². The normalized spacial score (nSPS) is 11.6. The van der Waals surface area contributed by atoms with Gasteiger partial charge in [-0.1, -0.05) is 37.3 Å². The molecule has 1 aromatic carbocycles. The van der Waals surface area contributed by atoms with Gasteiger partial charge in [-0.2, -0.15) is 0 Å².